The molecule has 1 N–H and O–H groups in total. The largest absolute Gasteiger partial charge is 0.485 e. The van der Waals surface area contributed by atoms with E-state index in [2.05, 4.69) is 14.9 Å². The molecule has 0 bridgehead atoms. The molecule has 132 valence electrons. The van der Waals surface area contributed by atoms with Crippen LogP contribution in [0, 0.1) is 0 Å². The Labute approximate surface area is 151 Å². The maximum Gasteiger partial charge on any atom is 0.270 e. The molecule has 2 aromatic rings. The highest BCUT2D eigenvalue weighted by Crippen LogP contribution is 2.30. The van der Waals surface area contributed by atoms with Crippen LogP contribution < -0.4 is 9.64 Å². The Morgan fingerprint density at radius 1 is 1.32 bits per heavy atom. The van der Waals surface area contributed by atoms with Gasteiger partial charge in [0, 0.05) is 38.4 Å². The van der Waals surface area contributed by atoms with Gasteiger partial charge in [0.2, 0.25) is 0 Å². The van der Waals surface area contributed by atoms with Crippen molar-refractivity contribution in [2.75, 3.05) is 31.1 Å². The van der Waals surface area contributed by atoms with Gasteiger partial charge in [-0.1, -0.05) is 11.6 Å². The van der Waals surface area contributed by atoms with E-state index >= 15 is 0 Å². The van der Waals surface area contributed by atoms with Crippen molar-refractivity contribution in [2.45, 2.75) is 25.4 Å². The Hall–Kier alpha value is -2.21. The minimum Gasteiger partial charge on any atom is -0.485 e. The molecule has 2 saturated heterocycles. The molecule has 4 rings (SSSR count). The van der Waals surface area contributed by atoms with Crippen LogP contribution in [0.1, 0.15) is 29.8 Å². The fourth-order valence-electron chi connectivity index (χ4n) is 3.49. The molecule has 4 heterocycles. The van der Waals surface area contributed by atoms with Crippen LogP contribution in [-0.2, 0) is 0 Å². The van der Waals surface area contributed by atoms with E-state index in [1.54, 1.807) is 23.4 Å². The van der Waals surface area contributed by atoms with E-state index in [-0.39, 0.29) is 12.0 Å². The first kappa shape index (κ1) is 16.3. The summed E-state index contributed by atoms with van der Waals surface area (Å²) in [5, 5.41) is 0.543. The highest BCUT2D eigenvalue weighted by Gasteiger charge is 2.30. The second-order valence-electron chi connectivity index (χ2n) is 6.53. The lowest BCUT2D eigenvalue weighted by Crippen LogP contribution is -2.31. The number of halogens is 1. The molecule has 0 radical (unpaired) electrons. The van der Waals surface area contributed by atoms with E-state index in [0.29, 0.717) is 23.8 Å². The number of nitrogens with zero attached hydrogens (tertiary/aromatic N) is 3. The summed E-state index contributed by atoms with van der Waals surface area (Å²) in [6.07, 6.45) is 6.62. The molecule has 0 saturated carbocycles. The van der Waals surface area contributed by atoms with Crippen molar-refractivity contribution >= 4 is 23.3 Å². The van der Waals surface area contributed by atoms with Crippen molar-refractivity contribution < 1.29 is 9.53 Å². The Bertz CT molecular complexity index is 757. The first-order chi connectivity index (χ1) is 12.2. The Morgan fingerprint density at radius 2 is 2.16 bits per heavy atom. The molecule has 7 heteroatoms. The Morgan fingerprint density at radius 3 is 2.92 bits per heavy atom. The minimum atomic E-state index is -0.0380. The minimum absolute atomic E-state index is 0.0139. The molecular weight excluding hydrogens is 340 g/mol. The summed E-state index contributed by atoms with van der Waals surface area (Å²) in [6, 6.07) is 5.52. The van der Waals surface area contributed by atoms with Crippen molar-refractivity contribution in [3.63, 3.8) is 0 Å². The quantitative estimate of drug-likeness (QED) is 0.910. The Balaban J connectivity index is 1.42. The predicted octanol–water partition coefficient (Wildman–Crippen LogP) is 2.96. The fourth-order valence-corrected chi connectivity index (χ4v) is 3.65. The summed E-state index contributed by atoms with van der Waals surface area (Å²) in [6.45, 7) is 3.30. The smallest absolute Gasteiger partial charge is 0.270 e. The summed E-state index contributed by atoms with van der Waals surface area (Å²) < 4.78 is 6.21. The number of amides is 1. The fraction of sp³-hybridized carbons (Fsp3) is 0.444. The van der Waals surface area contributed by atoms with Crippen molar-refractivity contribution in [1.29, 1.82) is 0 Å². The number of rotatable bonds is 4. The van der Waals surface area contributed by atoms with Crippen LogP contribution in [0.15, 0.2) is 30.6 Å². The highest BCUT2D eigenvalue weighted by atomic mass is 35.5. The highest BCUT2D eigenvalue weighted by molar-refractivity contribution is 6.30. The van der Waals surface area contributed by atoms with Gasteiger partial charge in [0.05, 0.1) is 11.6 Å². The van der Waals surface area contributed by atoms with Gasteiger partial charge < -0.3 is 19.5 Å². The molecule has 2 fully saturated rings. The van der Waals surface area contributed by atoms with Crippen molar-refractivity contribution in [1.82, 2.24) is 14.9 Å². The van der Waals surface area contributed by atoms with Crippen LogP contribution in [0.25, 0.3) is 0 Å². The SMILES string of the molecule is O=C(c1cc(Cl)c[nH]1)N1CC[C@@H](Oc2cccnc2N2CCCC2)C1. The van der Waals surface area contributed by atoms with Crippen LogP contribution in [0.4, 0.5) is 5.82 Å². The van der Waals surface area contributed by atoms with E-state index in [4.69, 9.17) is 16.3 Å². The number of ether oxygens (including phenoxy) is 1. The van der Waals surface area contributed by atoms with Gasteiger partial charge in [-0.3, -0.25) is 4.79 Å². The van der Waals surface area contributed by atoms with Gasteiger partial charge in [-0.25, -0.2) is 4.98 Å². The molecule has 0 unspecified atom stereocenters. The first-order valence-electron chi connectivity index (χ1n) is 8.70. The lowest BCUT2D eigenvalue weighted by molar-refractivity contribution is 0.0767. The number of likely N-dealkylation sites (tertiary alicyclic amines) is 1. The van der Waals surface area contributed by atoms with E-state index in [9.17, 15) is 4.79 Å². The molecule has 1 atom stereocenters. The summed E-state index contributed by atoms with van der Waals surface area (Å²) in [4.78, 5) is 24.0. The maximum atomic E-state index is 12.5. The summed E-state index contributed by atoms with van der Waals surface area (Å²) >= 11 is 5.89. The topological polar surface area (TPSA) is 61.5 Å². The van der Waals surface area contributed by atoms with Crippen LogP contribution in [-0.4, -0.2) is 53.1 Å². The number of H-pyrrole nitrogens is 1. The van der Waals surface area contributed by atoms with Crippen molar-refractivity contribution in [3.8, 4) is 5.75 Å². The molecule has 0 aromatic carbocycles. The number of carbonyl (C=O) groups excluding carboxylic acids is 1. The number of nitrogens with one attached hydrogen (secondary N) is 1. The van der Waals surface area contributed by atoms with Crippen molar-refractivity contribution in [3.05, 3.63) is 41.3 Å². The lowest BCUT2D eigenvalue weighted by atomic mass is 10.3. The third kappa shape index (κ3) is 3.44. The first-order valence-corrected chi connectivity index (χ1v) is 9.08. The number of anilines is 1. The third-order valence-corrected chi connectivity index (χ3v) is 4.98. The number of aromatic amines is 1. The normalized spacial score (nSPS) is 20.3. The van der Waals surface area contributed by atoms with E-state index in [0.717, 1.165) is 31.1 Å². The van der Waals surface area contributed by atoms with E-state index in [1.807, 2.05) is 12.1 Å². The molecule has 0 spiro atoms. The van der Waals surface area contributed by atoms with Crippen molar-refractivity contribution in [2.24, 2.45) is 0 Å². The second kappa shape index (κ2) is 6.96. The zero-order valence-corrected chi connectivity index (χ0v) is 14.7. The maximum absolute atomic E-state index is 12.5. The summed E-state index contributed by atoms with van der Waals surface area (Å²) in [5.74, 6) is 1.69. The average molecular weight is 361 g/mol. The molecule has 2 aromatic heterocycles. The number of hydrogen-bond donors (Lipinski definition) is 1. The number of carbonyl (C=O) groups is 1. The molecule has 2 aliphatic heterocycles. The lowest BCUT2D eigenvalue weighted by Gasteiger charge is -2.22. The molecule has 6 nitrogen and oxygen atoms in total. The van der Waals surface area contributed by atoms with Gasteiger partial charge in [0.1, 0.15) is 11.8 Å². The molecule has 25 heavy (non-hydrogen) atoms. The summed E-state index contributed by atoms with van der Waals surface area (Å²) in [5.41, 5.74) is 0.518. The van der Waals surface area contributed by atoms with E-state index < -0.39 is 0 Å². The average Bonchev–Trinajstić information content (AvgIpc) is 3.36. The molecule has 2 aliphatic rings. The number of aromatic nitrogens is 2. The number of hydrogen-bond acceptors (Lipinski definition) is 4. The standard InChI is InChI=1S/C18H21ClN4O2/c19-13-10-15(21-11-13)18(24)23-9-5-14(12-23)25-16-4-3-6-20-17(16)22-7-1-2-8-22/h3-4,6,10-11,14,21H,1-2,5,7-9,12H2/t14-/m1/s1. The van der Waals surface area contributed by atoms with Crippen LogP contribution >= 0.6 is 11.6 Å². The third-order valence-electron chi connectivity index (χ3n) is 4.76. The molecule has 1 amide bonds. The Kier molecular flexibility index (Phi) is 4.53. The summed E-state index contributed by atoms with van der Waals surface area (Å²) in [7, 11) is 0. The van der Waals surface area contributed by atoms with Crippen LogP contribution in [0.3, 0.4) is 0 Å². The van der Waals surface area contributed by atoms with Gasteiger partial charge >= 0.3 is 0 Å². The number of pyridine rings is 1. The van der Waals surface area contributed by atoms with E-state index in [1.165, 1.54) is 12.8 Å². The monoisotopic (exact) mass is 360 g/mol. The van der Waals surface area contributed by atoms with Crippen LogP contribution in [0.2, 0.25) is 5.02 Å². The van der Waals surface area contributed by atoms with Gasteiger partial charge in [0.15, 0.2) is 11.6 Å². The van der Waals surface area contributed by atoms with Gasteiger partial charge in [0.25, 0.3) is 5.91 Å². The predicted molar refractivity (Wildman–Crippen MR) is 96.4 cm³/mol. The zero-order valence-electron chi connectivity index (χ0n) is 13.9. The van der Waals surface area contributed by atoms with Gasteiger partial charge in [-0.2, -0.15) is 0 Å². The second-order valence-corrected chi connectivity index (χ2v) is 6.97. The zero-order chi connectivity index (χ0) is 17.2. The van der Waals surface area contributed by atoms with Gasteiger partial charge in [-0.15, -0.1) is 0 Å². The molecule has 0 aliphatic carbocycles. The van der Waals surface area contributed by atoms with Gasteiger partial charge in [-0.05, 0) is 31.0 Å². The van der Waals surface area contributed by atoms with Crippen LogP contribution in [0.5, 0.6) is 5.75 Å². The molecular formula is C18H21ClN4O2.